The number of aromatic nitrogens is 2. The Bertz CT molecular complexity index is 633. The molecular weight excluding hydrogens is 323 g/mol. The number of aromatic amines is 1. The lowest BCUT2D eigenvalue weighted by Gasteiger charge is -2.40. The number of halogens is 3. The summed E-state index contributed by atoms with van der Waals surface area (Å²) in [6.07, 6.45) is -4.02. The molecule has 2 atom stereocenters. The number of carbonyl (C=O) groups excluding carboxylic acids is 1. The first kappa shape index (κ1) is 17.3. The average Bonchev–Trinajstić information content (AvgIpc) is 2.90. The summed E-state index contributed by atoms with van der Waals surface area (Å²) in [6.45, 7) is 5.23. The first-order valence-corrected chi connectivity index (χ1v) is 8.21. The van der Waals surface area contributed by atoms with Gasteiger partial charge in [0.05, 0.1) is 23.3 Å². The predicted molar refractivity (Wildman–Crippen MR) is 80.6 cm³/mol. The summed E-state index contributed by atoms with van der Waals surface area (Å²) < 4.78 is 45.0. The number of amides is 1. The minimum absolute atomic E-state index is 0.0217. The predicted octanol–water partition coefficient (Wildman–Crippen LogP) is 3.24. The van der Waals surface area contributed by atoms with Gasteiger partial charge in [0, 0.05) is 25.1 Å². The highest BCUT2D eigenvalue weighted by Crippen LogP contribution is 2.46. The van der Waals surface area contributed by atoms with E-state index in [1.54, 1.807) is 0 Å². The Hall–Kier alpha value is -1.57. The quantitative estimate of drug-likeness (QED) is 0.850. The molecule has 0 radical (unpaired) electrons. The summed E-state index contributed by atoms with van der Waals surface area (Å²) in [7, 11) is 0. The van der Waals surface area contributed by atoms with Crippen LogP contribution >= 0.6 is 0 Å². The Morgan fingerprint density at radius 3 is 2.54 bits per heavy atom. The second-order valence-electron chi connectivity index (χ2n) is 7.11. The number of fused-ring (bicyclic) bond motifs is 1. The topological polar surface area (TPSA) is 58.2 Å². The maximum atomic E-state index is 13.1. The fourth-order valence-corrected chi connectivity index (χ4v) is 3.49. The molecule has 0 spiro atoms. The van der Waals surface area contributed by atoms with Gasteiger partial charge in [-0.25, -0.2) is 0 Å². The molecule has 1 amide bonds. The smallest absolute Gasteiger partial charge is 0.369 e. The van der Waals surface area contributed by atoms with Crippen molar-refractivity contribution in [2.24, 2.45) is 5.41 Å². The Labute approximate surface area is 138 Å². The molecule has 8 heteroatoms. The third kappa shape index (κ3) is 2.81. The van der Waals surface area contributed by atoms with Crippen molar-refractivity contribution in [3.63, 3.8) is 0 Å². The molecule has 0 bridgehead atoms. The zero-order chi connectivity index (χ0) is 17.7. The molecule has 3 heterocycles. The van der Waals surface area contributed by atoms with Gasteiger partial charge in [0.2, 0.25) is 0 Å². The lowest BCUT2D eigenvalue weighted by molar-refractivity contribution is -0.229. The minimum Gasteiger partial charge on any atom is -0.369 e. The van der Waals surface area contributed by atoms with Gasteiger partial charge >= 0.3 is 6.18 Å². The number of ether oxygens (including phenoxy) is 1. The van der Waals surface area contributed by atoms with Crippen molar-refractivity contribution in [1.29, 1.82) is 0 Å². The van der Waals surface area contributed by atoms with Crippen LogP contribution in [0.4, 0.5) is 13.2 Å². The van der Waals surface area contributed by atoms with E-state index in [2.05, 4.69) is 10.2 Å². The average molecular weight is 345 g/mol. The van der Waals surface area contributed by atoms with Crippen molar-refractivity contribution < 1.29 is 22.7 Å². The SMILES string of the molecule is C[C@@H]1Cc2c(C(=O)N3CCC(C)(C(F)(F)F)CC3)n[nH]c2[C@H](C)O1. The van der Waals surface area contributed by atoms with Crippen LogP contribution in [0.15, 0.2) is 0 Å². The molecule has 2 aliphatic heterocycles. The fourth-order valence-electron chi connectivity index (χ4n) is 3.49. The van der Waals surface area contributed by atoms with Gasteiger partial charge in [-0.1, -0.05) is 6.92 Å². The molecule has 2 aliphatic rings. The summed E-state index contributed by atoms with van der Waals surface area (Å²) in [5, 5.41) is 6.98. The van der Waals surface area contributed by atoms with Gasteiger partial charge in [0.1, 0.15) is 0 Å². The molecule has 24 heavy (non-hydrogen) atoms. The molecule has 1 saturated heterocycles. The van der Waals surface area contributed by atoms with Gasteiger partial charge in [-0.3, -0.25) is 9.89 Å². The van der Waals surface area contributed by atoms with Gasteiger partial charge in [0.25, 0.3) is 5.91 Å². The van der Waals surface area contributed by atoms with Crippen molar-refractivity contribution in [2.75, 3.05) is 13.1 Å². The van der Waals surface area contributed by atoms with Crippen LogP contribution in [0.2, 0.25) is 0 Å². The maximum Gasteiger partial charge on any atom is 0.394 e. The van der Waals surface area contributed by atoms with E-state index in [0.29, 0.717) is 12.1 Å². The number of hydrogen-bond donors (Lipinski definition) is 1. The molecule has 1 aromatic rings. The van der Waals surface area contributed by atoms with E-state index in [9.17, 15) is 18.0 Å². The highest BCUT2D eigenvalue weighted by molar-refractivity contribution is 5.94. The molecule has 0 aromatic carbocycles. The number of carbonyl (C=O) groups is 1. The van der Waals surface area contributed by atoms with Gasteiger partial charge in [-0.2, -0.15) is 18.3 Å². The second-order valence-corrected chi connectivity index (χ2v) is 7.11. The van der Waals surface area contributed by atoms with Crippen LogP contribution in [-0.4, -0.2) is 46.4 Å². The Balaban J connectivity index is 1.76. The Morgan fingerprint density at radius 2 is 1.96 bits per heavy atom. The summed E-state index contributed by atoms with van der Waals surface area (Å²) in [5.74, 6) is -0.293. The lowest BCUT2D eigenvalue weighted by Crippen LogP contribution is -2.48. The largest absolute Gasteiger partial charge is 0.394 e. The van der Waals surface area contributed by atoms with Gasteiger partial charge in [0.15, 0.2) is 5.69 Å². The zero-order valence-electron chi connectivity index (χ0n) is 14.0. The van der Waals surface area contributed by atoms with E-state index in [1.165, 1.54) is 11.8 Å². The van der Waals surface area contributed by atoms with E-state index in [1.807, 2.05) is 13.8 Å². The summed E-state index contributed by atoms with van der Waals surface area (Å²) in [4.78, 5) is 14.2. The number of H-pyrrole nitrogens is 1. The summed E-state index contributed by atoms with van der Waals surface area (Å²) in [5.41, 5.74) is 0.220. The third-order valence-electron chi connectivity index (χ3n) is 5.27. The first-order valence-electron chi connectivity index (χ1n) is 8.21. The highest BCUT2D eigenvalue weighted by atomic mass is 19.4. The standard InChI is InChI=1S/C16H22F3N3O2/c1-9-8-11-12(10(2)24-9)20-21-13(11)14(23)22-6-4-15(3,5-7-22)16(17,18)19/h9-10H,4-8H2,1-3H3,(H,20,21)/t9-,10+/m1/s1. The van der Waals surface area contributed by atoms with Crippen molar-refractivity contribution in [2.45, 2.75) is 58.4 Å². The fraction of sp³-hybridized carbons (Fsp3) is 0.750. The van der Waals surface area contributed by atoms with Crippen LogP contribution in [0.3, 0.4) is 0 Å². The monoisotopic (exact) mass is 345 g/mol. The number of alkyl halides is 3. The second kappa shape index (κ2) is 5.75. The van der Waals surface area contributed by atoms with E-state index in [-0.39, 0.29) is 44.0 Å². The number of likely N-dealkylation sites (tertiary alicyclic amines) is 1. The van der Waals surface area contributed by atoms with Crippen molar-refractivity contribution in [3.8, 4) is 0 Å². The van der Waals surface area contributed by atoms with E-state index >= 15 is 0 Å². The van der Waals surface area contributed by atoms with E-state index in [4.69, 9.17) is 4.74 Å². The normalized spacial score (nSPS) is 27.0. The number of nitrogens with zero attached hydrogens (tertiary/aromatic N) is 2. The highest BCUT2D eigenvalue weighted by Gasteiger charge is 2.52. The van der Waals surface area contributed by atoms with Crippen LogP contribution in [-0.2, 0) is 11.2 Å². The zero-order valence-corrected chi connectivity index (χ0v) is 14.0. The van der Waals surface area contributed by atoms with E-state index < -0.39 is 11.6 Å². The number of piperidine rings is 1. The molecule has 0 aliphatic carbocycles. The minimum atomic E-state index is -4.24. The molecule has 3 rings (SSSR count). The van der Waals surface area contributed by atoms with Crippen LogP contribution in [0, 0.1) is 5.41 Å². The van der Waals surface area contributed by atoms with Crippen LogP contribution in [0.5, 0.6) is 0 Å². The van der Waals surface area contributed by atoms with Crippen LogP contribution in [0.25, 0.3) is 0 Å². The third-order valence-corrected chi connectivity index (χ3v) is 5.27. The van der Waals surface area contributed by atoms with E-state index in [0.717, 1.165) is 11.3 Å². The molecule has 1 N–H and O–H groups in total. The van der Waals surface area contributed by atoms with Crippen LogP contribution in [0.1, 0.15) is 61.5 Å². The molecule has 1 fully saturated rings. The number of nitrogens with one attached hydrogen (secondary N) is 1. The van der Waals surface area contributed by atoms with Crippen molar-refractivity contribution in [1.82, 2.24) is 15.1 Å². The molecule has 0 unspecified atom stereocenters. The van der Waals surface area contributed by atoms with Gasteiger partial charge in [-0.15, -0.1) is 0 Å². The number of rotatable bonds is 1. The Morgan fingerprint density at radius 1 is 1.33 bits per heavy atom. The molecule has 134 valence electrons. The van der Waals surface area contributed by atoms with Crippen LogP contribution < -0.4 is 0 Å². The molecule has 5 nitrogen and oxygen atoms in total. The Kier molecular flexibility index (Phi) is 4.14. The summed E-state index contributed by atoms with van der Waals surface area (Å²) >= 11 is 0. The molecule has 1 aromatic heterocycles. The molecule has 0 saturated carbocycles. The summed E-state index contributed by atoms with van der Waals surface area (Å²) in [6, 6.07) is 0. The van der Waals surface area contributed by atoms with Crippen molar-refractivity contribution in [3.05, 3.63) is 17.0 Å². The maximum absolute atomic E-state index is 13.1. The molecular formula is C16H22F3N3O2. The number of hydrogen-bond acceptors (Lipinski definition) is 3. The lowest BCUT2D eigenvalue weighted by atomic mass is 9.79. The van der Waals surface area contributed by atoms with Crippen molar-refractivity contribution >= 4 is 5.91 Å². The van der Waals surface area contributed by atoms with Gasteiger partial charge in [-0.05, 0) is 26.7 Å². The van der Waals surface area contributed by atoms with Gasteiger partial charge < -0.3 is 9.64 Å². The first-order chi connectivity index (χ1) is 11.1.